The zero-order valence-electron chi connectivity index (χ0n) is 16.6. The number of thioether (sulfide) groups is 1. The van der Waals surface area contributed by atoms with Gasteiger partial charge in [-0.25, -0.2) is 0 Å². The number of nitrogens with one attached hydrogen (secondary N) is 1. The molecule has 4 nitrogen and oxygen atoms in total. The normalized spacial score (nSPS) is 11.8. The van der Waals surface area contributed by atoms with Crippen molar-refractivity contribution in [2.45, 2.75) is 31.7 Å². The maximum absolute atomic E-state index is 13.1. The van der Waals surface area contributed by atoms with Crippen LogP contribution in [0.2, 0.25) is 20.1 Å². The molecular weight excluding hydrogens is 486 g/mol. The van der Waals surface area contributed by atoms with Crippen molar-refractivity contribution in [3.8, 4) is 0 Å². The van der Waals surface area contributed by atoms with Gasteiger partial charge in [-0.1, -0.05) is 65.5 Å². The molecule has 0 saturated carbocycles. The van der Waals surface area contributed by atoms with E-state index < -0.39 is 6.04 Å². The van der Waals surface area contributed by atoms with Gasteiger partial charge < -0.3 is 10.2 Å². The molecule has 0 bridgehead atoms. The van der Waals surface area contributed by atoms with Crippen molar-refractivity contribution in [1.29, 1.82) is 0 Å². The summed E-state index contributed by atoms with van der Waals surface area (Å²) in [6, 6.07) is 9.90. The van der Waals surface area contributed by atoms with Crippen LogP contribution in [0.4, 0.5) is 0 Å². The first-order chi connectivity index (χ1) is 14.3. The molecule has 2 rings (SSSR count). The van der Waals surface area contributed by atoms with E-state index in [9.17, 15) is 9.59 Å². The lowest BCUT2D eigenvalue weighted by atomic mass is 10.1. The zero-order chi connectivity index (χ0) is 22.3. The molecule has 0 aromatic heterocycles. The van der Waals surface area contributed by atoms with Crippen LogP contribution in [0.5, 0.6) is 0 Å². The Morgan fingerprint density at radius 2 is 1.77 bits per heavy atom. The minimum Gasteiger partial charge on any atom is -0.357 e. The predicted octanol–water partition coefficient (Wildman–Crippen LogP) is 6.09. The minimum absolute atomic E-state index is 0.151. The summed E-state index contributed by atoms with van der Waals surface area (Å²) in [4.78, 5) is 27.0. The molecule has 0 aliphatic heterocycles. The van der Waals surface area contributed by atoms with Crippen molar-refractivity contribution in [1.82, 2.24) is 10.2 Å². The smallest absolute Gasteiger partial charge is 0.242 e. The minimum atomic E-state index is -0.597. The van der Waals surface area contributed by atoms with E-state index in [0.29, 0.717) is 32.3 Å². The van der Waals surface area contributed by atoms with E-state index in [0.717, 1.165) is 11.1 Å². The lowest BCUT2D eigenvalue weighted by Gasteiger charge is -2.30. The molecule has 0 spiro atoms. The van der Waals surface area contributed by atoms with Crippen molar-refractivity contribution in [2.75, 3.05) is 12.8 Å². The second-order valence-electron chi connectivity index (χ2n) is 6.54. The number of amides is 2. The lowest BCUT2D eigenvalue weighted by Crippen LogP contribution is -2.48. The molecule has 2 aromatic carbocycles. The van der Waals surface area contributed by atoms with Crippen LogP contribution in [0.3, 0.4) is 0 Å². The molecule has 2 aromatic rings. The third-order valence-corrected chi connectivity index (χ3v) is 6.78. The molecule has 0 heterocycles. The number of halogens is 4. The van der Waals surface area contributed by atoms with Crippen LogP contribution in [0, 0.1) is 0 Å². The first-order valence-corrected chi connectivity index (χ1v) is 11.9. The van der Waals surface area contributed by atoms with Gasteiger partial charge in [-0.15, -0.1) is 11.8 Å². The van der Waals surface area contributed by atoms with E-state index >= 15 is 0 Å². The van der Waals surface area contributed by atoms with E-state index in [1.807, 2.05) is 13.0 Å². The second-order valence-corrected chi connectivity index (χ2v) is 9.18. The van der Waals surface area contributed by atoms with E-state index in [1.165, 1.54) is 11.8 Å². The van der Waals surface area contributed by atoms with Gasteiger partial charge in [-0.05, 0) is 41.8 Å². The Labute approximate surface area is 201 Å². The Hall–Kier alpha value is -1.11. The van der Waals surface area contributed by atoms with E-state index in [2.05, 4.69) is 5.32 Å². The molecular formula is C21H22Cl4N2O2S. The molecule has 0 unspecified atom stereocenters. The highest BCUT2D eigenvalue weighted by Crippen LogP contribution is 2.26. The topological polar surface area (TPSA) is 49.4 Å². The van der Waals surface area contributed by atoms with Crippen LogP contribution in [-0.2, 0) is 21.9 Å². The number of carbonyl (C=O) groups excluding carboxylic acids is 2. The van der Waals surface area contributed by atoms with Crippen molar-refractivity contribution < 1.29 is 9.59 Å². The summed E-state index contributed by atoms with van der Waals surface area (Å²) in [5.41, 5.74) is 1.69. The Bertz CT molecular complexity index is 911. The van der Waals surface area contributed by atoms with Gasteiger partial charge >= 0.3 is 0 Å². The Morgan fingerprint density at radius 1 is 1.03 bits per heavy atom. The Morgan fingerprint density at radius 3 is 2.37 bits per heavy atom. The summed E-state index contributed by atoms with van der Waals surface area (Å²) in [6.07, 6.45) is 0.480. The fraction of sp³-hybridized carbons (Fsp3) is 0.333. The van der Waals surface area contributed by atoms with Gasteiger partial charge in [0.25, 0.3) is 0 Å². The van der Waals surface area contributed by atoms with Crippen molar-refractivity contribution in [3.63, 3.8) is 0 Å². The molecule has 0 saturated heterocycles. The van der Waals surface area contributed by atoms with Gasteiger partial charge in [0, 0.05) is 29.4 Å². The molecule has 9 heteroatoms. The summed E-state index contributed by atoms with van der Waals surface area (Å²) in [5, 5.41) is 4.57. The Balaban J connectivity index is 2.14. The summed E-state index contributed by atoms with van der Waals surface area (Å²) < 4.78 is 0. The van der Waals surface area contributed by atoms with Crippen molar-refractivity contribution in [3.05, 3.63) is 67.6 Å². The van der Waals surface area contributed by atoms with Crippen LogP contribution in [0.15, 0.2) is 36.4 Å². The summed E-state index contributed by atoms with van der Waals surface area (Å²) >= 11 is 25.7. The number of rotatable bonds is 9. The monoisotopic (exact) mass is 506 g/mol. The van der Waals surface area contributed by atoms with Crippen molar-refractivity contribution >= 4 is 70.0 Å². The summed E-state index contributed by atoms with van der Waals surface area (Å²) in [5.74, 6) is 0.431. The second kappa shape index (κ2) is 12.1. The highest BCUT2D eigenvalue weighted by Gasteiger charge is 2.28. The predicted molar refractivity (Wildman–Crippen MR) is 128 cm³/mol. The number of hydrogen-bond donors (Lipinski definition) is 1. The number of likely N-dealkylation sites (N-methyl/N-ethyl adjacent to an activating group) is 1. The number of hydrogen-bond acceptors (Lipinski definition) is 3. The van der Waals surface area contributed by atoms with E-state index in [1.54, 1.807) is 42.3 Å². The Kier molecular flexibility index (Phi) is 10.1. The number of carbonyl (C=O) groups is 2. The largest absolute Gasteiger partial charge is 0.357 e. The van der Waals surface area contributed by atoms with Crippen LogP contribution in [0.25, 0.3) is 0 Å². The molecule has 2 amide bonds. The lowest BCUT2D eigenvalue weighted by molar-refractivity contribution is -0.139. The van der Waals surface area contributed by atoms with Crippen LogP contribution >= 0.6 is 58.2 Å². The average Bonchev–Trinajstić information content (AvgIpc) is 2.71. The first kappa shape index (κ1) is 25.2. The van der Waals surface area contributed by atoms with Gasteiger partial charge in [0.05, 0.1) is 15.8 Å². The van der Waals surface area contributed by atoms with E-state index in [-0.39, 0.29) is 24.1 Å². The zero-order valence-corrected chi connectivity index (χ0v) is 20.4. The summed E-state index contributed by atoms with van der Waals surface area (Å²) in [6.45, 7) is 2.08. The molecule has 1 N–H and O–H groups in total. The van der Waals surface area contributed by atoms with Crippen LogP contribution in [0.1, 0.15) is 24.5 Å². The molecule has 0 aliphatic carbocycles. The fourth-order valence-electron chi connectivity index (χ4n) is 2.89. The van der Waals surface area contributed by atoms with E-state index in [4.69, 9.17) is 46.4 Å². The fourth-order valence-corrected chi connectivity index (χ4v) is 4.53. The van der Waals surface area contributed by atoms with Gasteiger partial charge in [-0.3, -0.25) is 9.59 Å². The first-order valence-electron chi connectivity index (χ1n) is 9.23. The number of benzene rings is 2. The highest BCUT2D eigenvalue weighted by atomic mass is 35.5. The van der Waals surface area contributed by atoms with Crippen molar-refractivity contribution in [2.24, 2.45) is 0 Å². The van der Waals surface area contributed by atoms with Gasteiger partial charge in [0.1, 0.15) is 6.04 Å². The van der Waals surface area contributed by atoms with Gasteiger partial charge in [0.2, 0.25) is 11.8 Å². The quantitative estimate of drug-likeness (QED) is 0.447. The molecule has 30 heavy (non-hydrogen) atoms. The molecule has 0 aliphatic rings. The van der Waals surface area contributed by atoms with Gasteiger partial charge in [-0.2, -0.15) is 0 Å². The van der Waals surface area contributed by atoms with Gasteiger partial charge in [0.15, 0.2) is 0 Å². The maximum atomic E-state index is 13.1. The number of nitrogens with zero attached hydrogens (tertiary/aromatic N) is 1. The standard InChI is InChI=1S/C21H22Cl4N2O2S/c1-3-19(21(29)26-2)27(10-14-5-6-15(22)9-17(14)24)20(28)12-30-11-13-4-7-16(23)18(25)8-13/h4-9,19H,3,10-12H2,1-2H3,(H,26,29)/t19-/m1/s1. The van der Waals surface area contributed by atoms with Crippen LogP contribution < -0.4 is 5.32 Å². The maximum Gasteiger partial charge on any atom is 0.242 e. The SMILES string of the molecule is CC[C@H](C(=O)NC)N(Cc1ccc(Cl)cc1Cl)C(=O)CSCc1ccc(Cl)c(Cl)c1. The third-order valence-electron chi connectivity index (χ3n) is 4.47. The van der Waals surface area contributed by atoms with Crippen LogP contribution in [-0.4, -0.2) is 35.6 Å². The molecule has 1 atom stereocenters. The highest BCUT2D eigenvalue weighted by molar-refractivity contribution is 7.99. The third kappa shape index (κ3) is 6.96. The average molecular weight is 508 g/mol. The molecule has 0 fully saturated rings. The molecule has 162 valence electrons. The summed E-state index contributed by atoms with van der Waals surface area (Å²) in [7, 11) is 1.56. The molecule has 0 radical (unpaired) electrons.